The summed E-state index contributed by atoms with van der Waals surface area (Å²) in [7, 11) is 0. The van der Waals surface area contributed by atoms with Crippen molar-refractivity contribution < 1.29 is 0 Å². The van der Waals surface area contributed by atoms with Crippen LogP contribution < -0.4 is 9.80 Å². The highest BCUT2D eigenvalue weighted by Gasteiger charge is 2.29. The Morgan fingerprint density at radius 3 is 0.817 bits per heavy atom. The maximum Gasteiger partial charge on any atom is 0.0620 e. The van der Waals surface area contributed by atoms with Gasteiger partial charge in [-0.25, -0.2) is 0 Å². The van der Waals surface area contributed by atoms with Gasteiger partial charge in [0.15, 0.2) is 0 Å². The van der Waals surface area contributed by atoms with E-state index in [-0.39, 0.29) is 5.41 Å². The average Bonchev–Trinajstić information content (AvgIpc) is 1.02. The van der Waals surface area contributed by atoms with Crippen molar-refractivity contribution in [3.8, 4) is 11.1 Å². The molecule has 0 aromatic heterocycles. The van der Waals surface area contributed by atoms with Gasteiger partial charge < -0.3 is 9.80 Å². The maximum absolute atomic E-state index is 2.73. The zero-order chi connectivity index (χ0) is 59.3. The zero-order valence-electron chi connectivity index (χ0n) is 54.4. The van der Waals surface area contributed by atoms with E-state index < -0.39 is 0 Å². The van der Waals surface area contributed by atoms with Crippen LogP contribution >= 0.6 is 0 Å². The number of fused-ring (bicyclic) bond motifs is 2. The fourth-order valence-electron chi connectivity index (χ4n) is 13.0. The summed E-state index contributed by atoms with van der Waals surface area (Å²) in [6, 6.07) is 56.8. The zero-order valence-corrected chi connectivity index (χ0v) is 54.4. The lowest BCUT2D eigenvalue weighted by molar-refractivity contribution is 0.590. The number of hydrogen-bond acceptors (Lipinski definition) is 2. The van der Waals surface area contributed by atoms with E-state index in [0.29, 0.717) is 47.3 Å². The van der Waals surface area contributed by atoms with Crippen LogP contribution in [0, 0.1) is 47.3 Å². The molecule has 0 aliphatic carbocycles. The second kappa shape index (κ2) is 26.6. The molecule has 8 aromatic rings. The minimum Gasteiger partial charge on any atom is -0.309 e. The van der Waals surface area contributed by atoms with Crippen LogP contribution in [0.5, 0.6) is 0 Å². The first-order chi connectivity index (χ1) is 38.8. The van der Waals surface area contributed by atoms with Crippen molar-refractivity contribution in [1.29, 1.82) is 0 Å². The van der Waals surface area contributed by atoms with Gasteiger partial charge in [0.25, 0.3) is 0 Å². The fraction of sp³-hybridized carbons (Fsp3) is 0.450. The number of hydrogen-bond donors (Lipinski definition) is 0. The van der Waals surface area contributed by atoms with Gasteiger partial charge >= 0.3 is 0 Å². The first-order valence-electron chi connectivity index (χ1n) is 32.0. The minimum absolute atomic E-state index is 0.000850. The van der Waals surface area contributed by atoms with Crippen LogP contribution in [0.2, 0.25) is 0 Å². The molecule has 0 aliphatic rings. The average molecular weight is 1090 g/mol. The van der Waals surface area contributed by atoms with Gasteiger partial charge in [-0.05, 0) is 220 Å². The van der Waals surface area contributed by atoms with Crippen LogP contribution in [-0.2, 0) is 56.8 Å². The molecule has 0 saturated heterocycles. The normalized spacial score (nSPS) is 12.4. The number of nitrogens with zero attached hydrogens (tertiary/aromatic N) is 2. The lowest BCUT2D eigenvalue weighted by Crippen LogP contribution is -2.17. The topological polar surface area (TPSA) is 6.48 Å². The van der Waals surface area contributed by atoms with Gasteiger partial charge in [0.2, 0.25) is 0 Å². The molecule has 0 atom stereocenters. The molecule has 0 saturated carbocycles. The standard InChI is InChI=1S/C80H104N2/c1-51(2)29-59-37-60(30-52(3)4)42-70(41-59)81(71-43-61(31-53(5)6)38-62(44-71)32-54(7)8)78-74-25-20-21-26-75(74)79(77-50-68(27-28-76(77)78)67-23-22-24-69(49-67)80(17,18)19)82(72-45-63(33-55(9)10)39-64(46-72)34-56(11)12)73-47-65(35-57(13)14)40-66(48-73)36-58(15)16/h20-28,37-58H,29-36H2,1-19H3. The smallest absolute Gasteiger partial charge is 0.0620 e. The molecule has 0 unspecified atom stereocenters. The lowest BCUT2D eigenvalue weighted by Gasteiger charge is -2.34. The fourth-order valence-corrected chi connectivity index (χ4v) is 13.0. The van der Waals surface area contributed by atoms with E-state index in [2.05, 4.69) is 281 Å². The Morgan fingerprint density at radius 2 is 0.537 bits per heavy atom. The summed E-state index contributed by atoms with van der Waals surface area (Å²) in [5.74, 6) is 4.13. The van der Waals surface area contributed by atoms with Crippen LogP contribution in [0.4, 0.5) is 34.1 Å². The van der Waals surface area contributed by atoms with E-state index in [1.807, 2.05) is 0 Å². The van der Waals surface area contributed by atoms with Crippen molar-refractivity contribution in [3.05, 3.63) is 190 Å². The van der Waals surface area contributed by atoms with Gasteiger partial charge in [0, 0.05) is 44.3 Å². The molecule has 8 aromatic carbocycles. The van der Waals surface area contributed by atoms with Crippen molar-refractivity contribution in [2.75, 3.05) is 9.80 Å². The summed E-state index contributed by atoms with van der Waals surface area (Å²) in [6.45, 7) is 44.9. The van der Waals surface area contributed by atoms with E-state index in [9.17, 15) is 0 Å². The Labute approximate surface area is 499 Å². The van der Waals surface area contributed by atoms with Gasteiger partial charge in [0.05, 0.1) is 11.4 Å². The van der Waals surface area contributed by atoms with Crippen molar-refractivity contribution in [1.82, 2.24) is 0 Å². The van der Waals surface area contributed by atoms with E-state index in [0.717, 1.165) is 51.4 Å². The van der Waals surface area contributed by atoms with Gasteiger partial charge in [-0.3, -0.25) is 0 Å². The van der Waals surface area contributed by atoms with E-state index >= 15 is 0 Å². The first-order valence-corrected chi connectivity index (χ1v) is 32.0. The number of rotatable bonds is 23. The summed E-state index contributed by atoms with van der Waals surface area (Å²) >= 11 is 0. The second-order valence-corrected chi connectivity index (χ2v) is 29.3. The monoisotopic (exact) mass is 1090 g/mol. The third-order valence-electron chi connectivity index (χ3n) is 15.8. The minimum atomic E-state index is -0.000850. The molecular weight excluding hydrogens is 989 g/mol. The number of benzene rings is 8. The first kappa shape index (κ1) is 61.9. The third kappa shape index (κ3) is 15.7. The number of anilines is 6. The van der Waals surface area contributed by atoms with Crippen molar-refractivity contribution >= 4 is 55.7 Å². The molecule has 8 rings (SSSR count). The Balaban J connectivity index is 1.63. The highest BCUT2D eigenvalue weighted by molar-refractivity contribution is 6.24. The molecule has 0 aliphatic heterocycles. The molecular formula is C80H104N2. The van der Waals surface area contributed by atoms with Crippen LogP contribution in [0.1, 0.15) is 182 Å². The summed E-state index contributed by atoms with van der Waals surface area (Å²) in [4.78, 5) is 5.44. The molecule has 434 valence electrons. The van der Waals surface area contributed by atoms with Gasteiger partial charge in [0.1, 0.15) is 0 Å². The molecule has 2 heteroatoms. The maximum atomic E-state index is 2.73. The van der Waals surface area contributed by atoms with E-state index in [1.54, 1.807) is 0 Å². The van der Waals surface area contributed by atoms with Crippen molar-refractivity contribution in [2.45, 2.75) is 188 Å². The van der Waals surface area contributed by atoms with Crippen molar-refractivity contribution in [3.63, 3.8) is 0 Å². The summed E-state index contributed by atoms with van der Waals surface area (Å²) in [5, 5.41) is 4.99. The molecule has 0 spiro atoms. The molecule has 0 fully saturated rings. The van der Waals surface area contributed by atoms with E-state index in [1.165, 1.54) is 117 Å². The predicted molar refractivity (Wildman–Crippen MR) is 363 cm³/mol. The molecule has 0 heterocycles. The van der Waals surface area contributed by atoms with Crippen LogP contribution in [0.25, 0.3) is 32.7 Å². The highest BCUT2D eigenvalue weighted by Crippen LogP contribution is 2.53. The predicted octanol–water partition coefficient (Wildman–Crippen LogP) is 23.5. The van der Waals surface area contributed by atoms with Crippen LogP contribution in [0.3, 0.4) is 0 Å². The molecule has 2 nitrogen and oxygen atoms in total. The Morgan fingerprint density at radius 1 is 0.268 bits per heavy atom. The third-order valence-corrected chi connectivity index (χ3v) is 15.8. The Hall–Kier alpha value is -6.12. The molecule has 0 N–H and O–H groups in total. The largest absolute Gasteiger partial charge is 0.309 e. The Bertz CT molecular complexity index is 3190. The van der Waals surface area contributed by atoms with Crippen molar-refractivity contribution in [2.24, 2.45) is 47.3 Å². The summed E-state index contributed by atoms with van der Waals surface area (Å²) in [6.07, 6.45) is 8.17. The highest BCUT2D eigenvalue weighted by atomic mass is 15.2. The molecule has 0 radical (unpaired) electrons. The summed E-state index contributed by atoms with van der Waals surface area (Å²) in [5.41, 5.74) is 22.5. The van der Waals surface area contributed by atoms with Gasteiger partial charge in [-0.2, -0.15) is 0 Å². The second-order valence-electron chi connectivity index (χ2n) is 29.3. The SMILES string of the molecule is CC(C)Cc1cc(CC(C)C)cc(N(c2cc(CC(C)C)cc(CC(C)C)c2)c2c3ccccc3c(N(c3cc(CC(C)C)cc(CC(C)C)c3)c3cc(CC(C)C)cc(CC(C)C)c3)c3cc(-c4cccc(C(C)(C)C)c4)ccc23)c1. The Kier molecular flexibility index (Phi) is 20.1. The van der Waals surface area contributed by atoms with Gasteiger partial charge in [-0.1, -0.05) is 216 Å². The van der Waals surface area contributed by atoms with Crippen LogP contribution in [0.15, 0.2) is 140 Å². The quantitative estimate of drug-likeness (QED) is 0.0465. The molecule has 0 amide bonds. The van der Waals surface area contributed by atoms with Gasteiger partial charge in [-0.15, -0.1) is 0 Å². The lowest BCUT2D eigenvalue weighted by atomic mass is 9.85. The molecule has 82 heavy (non-hydrogen) atoms. The molecule has 0 bridgehead atoms. The van der Waals surface area contributed by atoms with Crippen LogP contribution in [-0.4, -0.2) is 0 Å². The van der Waals surface area contributed by atoms with E-state index in [4.69, 9.17) is 0 Å². The summed E-state index contributed by atoms with van der Waals surface area (Å²) < 4.78 is 0.